The second-order valence-electron chi connectivity index (χ2n) is 8.15. The molecule has 1 N–H and O–H groups in total. The fourth-order valence-electron chi connectivity index (χ4n) is 3.77. The van der Waals surface area contributed by atoms with E-state index in [4.69, 9.17) is 16.3 Å². The van der Waals surface area contributed by atoms with Gasteiger partial charge in [-0.1, -0.05) is 41.4 Å². The number of non-ortho nitro benzene ring substituents is 1. The third-order valence-corrected chi connectivity index (χ3v) is 5.72. The van der Waals surface area contributed by atoms with Crippen molar-refractivity contribution >= 4 is 46.9 Å². The molecule has 4 rings (SSSR count). The van der Waals surface area contributed by atoms with Crippen LogP contribution in [0.15, 0.2) is 66.2 Å². The number of hydrogen-bond donors (Lipinski definition) is 1. The molecule has 0 aromatic heterocycles. The molecule has 3 aromatic rings. The van der Waals surface area contributed by atoms with E-state index in [0.717, 1.165) is 10.5 Å². The van der Waals surface area contributed by atoms with Crippen molar-refractivity contribution in [3.05, 3.63) is 104 Å². The van der Waals surface area contributed by atoms with E-state index in [1.807, 2.05) is 13.0 Å². The zero-order valence-electron chi connectivity index (χ0n) is 19.3. The van der Waals surface area contributed by atoms with Crippen LogP contribution in [0, 0.1) is 24.0 Å². The van der Waals surface area contributed by atoms with Crippen LogP contribution in [0.1, 0.15) is 22.3 Å². The van der Waals surface area contributed by atoms with Gasteiger partial charge >= 0.3 is 6.03 Å². The van der Waals surface area contributed by atoms with Gasteiger partial charge in [-0.25, -0.2) is 9.69 Å². The number of barbiturate groups is 1. The summed E-state index contributed by atoms with van der Waals surface area (Å²) in [5.74, 6) is -1.36. The molecule has 0 bridgehead atoms. The van der Waals surface area contributed by atoms with Crippen LogP contribution in [0.25, 0.3) is 6.08 Å². The fourth-order valence-corrected chi connectivity index (χ4v) is 3.95. The number of halogens is 1. The van der Waals surface area contributed by atoms with Crippen molar-refractivity contribution in [1.29, 1.82) is 0 Å². The first-order valence-electron chi connectivity index (χ1n) is 10.8. The lowest BCUT2D eigenvalue weighted by Crippen LogP contribution is -2.54. The summed E-state index contributed by atoms with van der Waals surface area (Å²) in [6, 6.07) is 15.0. The Labute approximate surface area is 211 Å². The van der Waals surface area contributed by atoms with Gasteiger partial charge in [-0.05, 0) is 55.3 Å². The van der Waals surface area contributed by atoms with Gasteiger partial charge in [-0.2, -0.15) is 0 Å². The maximum absolute atomic E-state index is 13.3. The zero-order valence-corrected chi connectivity index (χ0v) is 20.0. The lowest BCUT2D eigenvalue weighted by Gasteiger charge is -2.27. The molecule has 0 radical (unpaired) electrons. The smallest absolute Gasteiger partial charge is 0.335 e. The first-order chi connectivity index (χ1) is 17.1. The molecule has 1 fully saturated rings. The van der Waals surface area contributed by atoms with Crippen LogP contribution in [0.4, 0.5) is 16.2 Å². The number of urea groups is 1. The number of nitrogens with zero attached hydrogens (tertiary/aromatic N) is 2. The van der Waals surface area contributed by atoms with E-state index < -0.39 is 22.8 Å². The second-order valence-corrected chi connectivity index (χ2v) is 8.58. The largest absolute Gasteiger partial charge is 0.488 e. The minimum atomic E-state index is -0.851. The number of rotatable bonds is 6. The Hall–Kier alpha value is -4.50. The first kappa shape index (κ1) is 24.6. The summed E-state index contributed by atoms with van der Waals surface area (Å²) in [6.07, 6.45) is 1.30. The third kappa shape index (κ3) is 5.11. The van der Waals surface area contributed by atoms with Crippen LogP contribution in [0.5, 0.6) is 5.75 Å². The number of aryl methyl sites for hydroxylation is 2. The fraction of sp³-hybridized carbons (Fsp3) is 0.115. The predicted molar refractivity (Wildman–Crippen MR) is 134 cm³/mol. The molecule has 1 saturated heterocycles. The number of anilines is 1. The first-order valence-corrected chi connectivity index (χ1v) is 11.2. The van der Waals surface area contributed by atoms with E-state index in [0.29, 0.717) is 27.4 Å². The number of hydrogen-bond acceptors (Lipinski definition) is 6. The van der Waals surface area contributed by atoms with Gasteiger partial charge in [-0.15, -0.1) is 0 Å². The van der Waals surface area contributed by atoms with Crippen molar-refractivity contribution in [3.8, 4) is 5.75 Å². The number of benzene rings is 3. The topological polar surface area (TPSA) is 119 Å². The Morgan fingerprint density at radius 2 is 1.83 bits per heavy atom. The molecule has 9 nitrogen and oxygen atoms in total. The molecule has 0 aliphatic carbocycles. The van der Waals surface area contributed by atoms with Gasteiger partial charge in [0.25, 0.3) is 17.5 Å². The molecule has 1 aliphatic heterocycles. The van der Waals surface area contributed by atoms with E-state index in [-0.39, 0.29) is 23.6 Å². The number of nitro groups is 1. The van der Waals surface area contributed by atoms with Crippen molar-refractivity contribution in [1.82, 2.24) is 5.32 Å². The van der Waals surface area contributed by atoms with Crippen LogP contribution >= 0.6 is 11.6 Å². The number of imide groups is 2. The average molecular weight is 506 g/mol. The van der Waals surface area contributed by atoms with Crippen LogP contribution in [-0.2, 0) is 16.2 Å². The number of ether oxygens (including phenoxy) is 1. The highest BCUT2D eigenvalue weighted by atomic mass is 35.5. The molecule has 0 atom stereocenters. The third-order valence-electron chi connectivity index (χ3n) is 5.48. The zero-order chi connectivity index (χ0) is 26.0. The second kappa shape index (κ2) is 10.0. The van der Waals surface area contributed by atoms with Crippen molar-refractivity contribution < 1.29 is 24.0 Å². The van der Waals surface area contributed by atoms with E-state index in [1.54, 1.807) is 43.3 Å². The van der Waals surface area contributed by atoms with Crippen molar-refractivity contribution in [3.63, 3.8) is 0 Å². The molecule has 1 aliphatic rings. The molecule has 1 heterocycles. The van der Waals surface area contributed by atoms with Gasteiger partial charge in [0.15, 0.2) is 0 Å². The minimum absolute atomic E-state index is 0.00714. The minimum Gasteiger partial charge on any atom is -0.488 e. The molecule has 10 heteroatoms. The van der Waals surface area contributed by atoms with Crippen molar-refractivity contribution in [2.24, 2.45) is 0 Å². The Morgan fingerprint density at radius 1 is 1.06 bits per heavy atom. The number of amides is 4. The summed E-state index contributed by atoms with van der Waals surface area (Å²) in [5.41, 5.74) is 2.52. The van der Waals surface area contributed by atoms with Gasteiger partial charge in [0, 0.05) is 22.7 Å². The highest BCUT2D eigenvalue weighted by Gasteiger charge is 2.37. The predicted octanol–water partition coefficient (Wildman–Crippen LogP) is 5.11. The summed E-state index contributed by atoms with van der Waals surface area (Å²) in [7, 11) is 0. The Balaban J connectivity index is 1.67. The summed E-state index contributed by atoms with van der Waals surface area (Å²) in [4.78, 5) is 49.9. The van der Waals surface area contributed by atoms with Crippen molar-refractivity contribution in [2.45, 2.75) is 20.5 Å². The van der Waals surface area contributed by atoms with Crippen LogP contribution in [0.2, 0.25) is 5.02 Å². The summed E-state index contributed by atoms with van der Waals surface area (Å²) in [6.45, 7) is 3.64. The monoisotopic (exact) mass is 505 g/mol. The quantitative estimate of drug-likeness (QED) is 0.215. The molecule has 36 heavy (non-hydrogen) atoms. The molecule has 182 valence electrons. The lowest BCUT2D eigenvalue weighted by molar-refractivity contribution is -0.384. The lowest BCUT2D eigenvalue weighted by atomic mass is 10.0. The number of nitrogens with one attached hydrogen (secondary N) is 1. The SMILES string of the molecule is Cc1ccc(N2C(=O)NC(=O)/C(=C\c3cc(Cl)ccc3OCc3cccc([N+](=O)[O-])c3)C2=O)c(C)c1. The Morgan fingerprint density at radius 3 is 2.56 bits per heavy atom. The maximum atomic E-state index is 13.3. The van der Waals surface area contributed by atoms with Gasteiger partial charge in [0.05, 0.1) is 10.6 Å². The maximum Gasteiger partial charge on any atom is 0.335 e. The van der Waals surface area contributed by atoms with E-state index in [2.05, 4.69) is 5.32 Å². The van der Waals surface area contributed by atoms with Gasteiger partial charge in [0.1, 0.15) is 17.9 Å². The van der Waals surface area contributed by atoms with Crippen LogP contribution in [-0.4, -0.2) is 22.8 Å². The molecule has 3 aromatic carbocycles. The van der Waals surface area contributed by atoms with E-state index >= 15 is 0 Å². The highest BCUT2D eigenvalue weighted by Crippen LogP contribution is 2.30. The standard InChI is InChI=1S/C26H20ClN3O6/c1-15-6-8-22(16(2)10-15)29-25(32)21(24(31)28-26(29)33)13-18-12-19(27)7-9-23(18)36-14-17-4-3-5-20(11-17)30(34)35/h3-13H,14H2,1-2H3,(H,28,31,33)/b21-13+. The summed E-state index contributed by atoms with van der Waals surface area (Å²) >= 11 is 6.15. The van der Waals surface area contributed by atoms with Crippen LogP contribution in [0.3, 0.4) is 0 Å². The number of nitro benzene ring substituents is 1. The van der Waals surface area contributed by atoms with E-state index in [1.165, 1.54) is 24.3 Å². The average Bonchev–Trinajstić information content (AvgIpc) is 2.82. The summed E-state index contributed by atoms with van der Waals surface area (Å²) < 4.78 is 5.84. The molecular formula is C26H20ClN3O6. The Kier molecular flexibility index (Phi) is 6.84. The highest BCUT2D eigenvalue weighted by molar-refractivity contribution is 6.39. The number of carbonyl (C=O) groups is 3. The summed E-state index contributed by atoms with van der Waals surface area (Å²) in [5, 5.41) is 13.6. The molecule has 0 spiro atoms. The van der Waals surface area contributed by atoms with E-state index in [9.17, 15) is 24.5 Å². The van der Waals surface area contributed by atoms with Crippen molar-refractivity contribution in [2.75, 3.05) is 4.90 Å². The van der Waals surface area contributed by atoms with Gasteiger partial charge in [0.2, 0.25) is 0 Å². The molecule has 4 amide bonds. The normalized spacial score (nSPS) is 14.7. The number of carbonyl (C=O) groups excluding carboxylic acids is 3. The van der Waals surface area contributed by atoms with Gasteiger partial charge in [-0.3, -0.25) is 25.0 Å². The van der Waals surface area contributed by atoms with Gasteiger partial charge < -0.3 is 4.74 Å². The molecule has 0 unspecified atom stereocenters. The van der Waals surface area contributed by atoms with Crippen LogP contribution < -0.4 is 15.0 Å². The molecular weight excluding hydrogens is 486 g/mol. The molecule has 0 saturated carbocycles. The Bertz CT molecular complexity index is 1450.